The molecule has 168 valence electrons. The van der Waals surface area contributed by atoms with E-state index in [1.54, 1.807) is 49.8 Å². The van der Waals surface area contributed by atoms with E-state index in [2.05, 4.69) is 4.98 Å². The smallest absolute Gasteiger partial charge is 0.295 e. The Morgan fingerprint density at radius 2 is 1.74 bits per heavy atom. The second kappa shape index (κ2) is 8.83. The summed E-state index contributed by atoms with van der Waals surface area (Å²) in [5.74, 6) is -0.959. The lowest BCUT2D eigenvalue weighted by molar-refractivity contribution is -0.140. The van der Waals surface area contributed by atoms with Crippen molar-refractivity contribution in [3.05, 3.63) is 114 Å². The van der Waals surface area contributed by atoms with E-state index < -0.39 is 17.7 Å². The van der Waals surface area contributed by atoms with Gasteiger partial charge in [0.15, 0.2) is 0 Å². The zero-order valence-corrected chi connectivity index (χ0v) is 18.5. The minimum absolute atomic E-state index is 0.0652. The lowest BCUT2D eigenvalue weighted by Gasteiger charge is -2.26. The summed E-state index contributed by atoms with van der Waals surface area (Å²) in [5, 5.41) is 13.2. The molecule has 1 aliphatic rings. The van der Waals surface area contributed by atoms with E-state index in [9.17, 15) is 14.7 Å². The number of nitrogens with zero attached hydrogens (tertiary/aromatic N) is 2. The Bertz CT molecular complexity index is 1410. The molecule has 4 aromatic rings. The van der Waals surface area contributed by atoms with Crippen LogP contribution in [-0.4, -0.2) is 33.8 Å². The molecule has 1 unspecified atom stereocenters. The van der Waals surface area contributed by atoms with Gasteiger partial charge < -0.3 is 14.7 Å². The van der Waals surface area contributed by atoms with Crippen LogP contribution >= 0.6 is 0 Å². The summed E-state index contributed by atoms with van der Waals surface area (Å²) in [6.45, 7) is 0.186. The number of rotatable bonds is 5. The highest BCUT2D eigenvalue weighted by atomic mass is 16.5. The quantitative estimate of drug-likeness (QED) is 0.267. The first-order valence-electron chi connectivity index (χ1n) is 10.9. The van der Waals surface area contributed by atoms with Crippen LogP contribution in [0.4, 0.5) is 0 Å². The predicted molar refractivity (Wildman–Crippen MR) is 129 cm³/mol. The van der Waals surface area contributed by atoms with Crippen LogP contribution < -0.4 is 4.74 Å². The second-order valence-corrected chi connectivity index (χ2v) is 8.09. The van der Waals surface area contributed by atoms with Gasteiger partial charge in [-0.25, -0.2) is 0 Å². The molecule has 1 N–H and O–H groups in total. The number of ether oxygens (including phenoxy) is 1. The SMILES string of the molecule is COc1ccc(C(O)=C2C(=O)C(=O)N(Cc3cccnc3)C2c2cccc3ccccc23)cc1. The Hall–Kier alpha value is -4.45. The molecule has 1 saturated heterocycles. The fourth-order valence-electron chi connectivity index (χ4n) is 4.45. The van der Waals surface area contributed by atoms with E-state index in [1.807, 2.05) is 48.5 Å². The van der Waals surface area contributed by atoms with Gasteiger partial charge in [0.25, 0.3) is 11.7 Å². The van der Waals surface area contributed by atoms with Crippen molar-refractivity contribution in [3.63, 3.8) is 0 Å². The van der Waals surface area contributed by atoms with Gasteiger partial charge in [-0.15, -0.1) is 0 Å². The van der Waals surface area contributed by atoms with E-state index in [-0.39, 0.29) is 17.9 Å². The van der Waals surface area contributed by atoms with Gasteiger partial charge in [-0.2, -0.15) is 0 Å². The minimum atomic E-state index is -0.756. The average molecular weight is 450 g/mol. The van der Waals surface area contributed by atoms with Crippen molar-refractivity contribution in [1.29, 1.82) is 0 Å². The number of fused-ring (bicyclic) bond motifs is 1. The number of methoxy groups -OCH3 is 1. The van der Waals surface area contributed by atoms with Gasteiger partial charge in [0.05, 0.1) is 18.7 Å². The first-order valence-corrected chi connectivity index (χ1v) is 10.9. The van der Waals surface area contributed by atoms with Gasteiger partial charge in [-0.1, -0.05) is 48.5 Å². The van der Waals surface area contributed by atoms with E-state index in [0.29, 0.717) is 11.3 Å². The molecule has 34 heavy (non-hydrogen) atoms. The topological polar surface area (TPSA) is 79.7 Å². The number of aliphatic hydroxyl groups excluding tert-OH is 1. The van der Waals surface area contributed by atoms with Crippen LogP contribution in [0.3, 0.4) is 0 Å². The molecule has 1 aromatic heterocycles. The van der Waals surface area contributed by atoms with Crippen molar-refractivity contribution in [2.24, 2.45) is 0 Å². The Morgan fingerprint density at radius 3 is 2.47 bits per heavy atom. The fourth-order valence-corrected chi connectivity index (χ4v) is 4.45. The fraction of sp³-hybridized carbons (Fsp3) is 0.107. The number of pyridine rings is 1. The Balaban J connectivity index is 1.72. The van der Waals surface area contributed by atoms with Crippen LogP contribution in [0.2, 0.25) is 0 Å². The number of Topliss-reactive ketones (excluding diaryl/α,β-unsaturated/α-hetero) is 1. The third kappa shape index (κ3) is 3.69. The van der Waals surface area contributed by atoms with Crippen molar-refractivity contribution in [1.82, 2.24) is 9.88 Å². The molecule has 6 heteroatoms. The summed E-state index contributed by atoms with van der Waals surface area (Å²) in [6, 6.07) is 23.2. The number of amides is 1. The maximum Gasteiger partial charge on any atom is 0.295 e. The zero-order chi connectivity index (χ0) is 23.7. The van der Waals surface area contributed by atoms with Gasteiger partial charge in [0, 0.05) is 24.5 Å². The summed E-state index contributed by atoms with van der Waals surface area (Å²) in [7, 11) is 1.55. The lowest BCUT2D eigenvalue weighted by atomic mass is 9.91. The van der Waals surface area contributed by atoms with E-state index in [1.165, 1.54) is 4.90 Å². The van der Waals surface area contributed by atoms with Gasteiger partial charge in [0.1, 0.15) is 11.5 Å². The van der Waals surface area contributed by atoms with Crippen molar-refractivity contribution in [3.8, 4) is 5.75 Å². The number of ketones is 1. The summed E-state index contributed by atoms with van der Waals surface area (Å²) < 4.78 is 5.20. The number of carbonyl (C=O) groups excluding carboxylic acids is 2. The standard InChI is InChI=1S/C28H22N2O4/c1-34-21-13-11-20(12-14-21)26(31)24-25(23-10-4-8-19-7-2-3-9-22(19)23)30(28(33)27(24)32)17-18-6-5-15-29-16-18/h2-16,25,31H,17H2,1H3. The maximum absolute atomic E-state index is 13.3. The predicted octanol–water partition coefficient (Wildman–Crippen LogP) is 4.87. The van der Waals surface area contributed by atoms with Gasteiger partial charge >= 0.3 is 0 Å². The summed E-state index contributed by atoms with van der Waals surface area (Å²) >= 11 is 0. The normalized spacial score (nSPS) is 17.3. The van der Waals surface area contributed by atoms with Crippen molar-refractivity contribution < 1.29 is 19.4 Å². The van der Waals surface area contributed by atoms with Crippen LogP contribution in [0, 0.1) is 0 Å². The van der Waals surface area contributed by atoms with Crippen LogP contribution in [0.15, 0.2) is 96.8 Å². The molecular formula is C28H22N2O4. The number of benzene rings is 3. The van der Waals surface area contributed by atoms with Crippen molar-refractivity contribution in [2.75, 3.05) is 7.11 Å². The molecule has 6 nitrogen and oxygen atoms in total. The molecule has 0 spiro atoms. The molecule has 0 saturated carbocycles. The number of hydrogen-bond donors (Lipinski definition) is 1. The van der Waals surface area contributed by atoms with Gasteiger partial charge in [-0.05, 0) is 52.2 Å². The van der Waals surface area contributed by atoms with Crippen LogP contribution in [0.1, 0.15) is 22.7 Å². The third-order valence-corrected chi connectivity index (χ3v) is 6.10. The number of carbonyl (C=O) groups is 2. The average Bonchev–Trinajstić information content (AvgIpc) is 3.13. The summed E-state index contributed by atoms with van der Waals surface area (Å²) in [4.78, 5) is 32.2. The number of aromatic nitrogens is 1. The summed E-state index contributed by atoms with van der Waals surface area (Å²) in [6.07, 6.45) is 3.33. The highest BCUT2D eigenvalue weighted by Crippen LogP contribution is 2.42. The number of likely N-dealkylation sites (tertiary alicyclic amines) is 1. The molecule has 1 fully saturated rings. The first-order chi connectivity index (χ1) is 16.6. The molecule has 0 aliphatic carbocycles. The number of aliphatic hydroxyl groups is 1. The molecular weight excluding hydrogens is 428 g/mol. The molecule has 1 atom stereocenters. The minimum Gasteiger partial charge on any atom is -0.507 e. The molecule has 0 radical (unpaired) electrons. The maximum atomic E-state index is 13.3. The van der Waals surface area contributed by atoms with Crippen molar-refractivity contribution in [2.45, 2.75) is 12.6 Å². The molecule has 3 aromatic carbocycles. The largest absolute Gasteiger partial charge is 0.507 e. The molecule has 0 bridgehead atoms. The molecule has 1 amide bonds. The van der Waals surface area contributed by atoms with E-state index in [0.717, 1.165) is 21.9 Å². The van der Waals surface area contributed by atoms with E-state index in [4.69, 9.17) is 4.74 Å². The van der Waals surface area contributed by atoms with Gasteiger partial charge in [-0.3, -0.25) is 14.6 Å². The Labute approximate surface area is 196 Å². The highest BCUT2D eigenvalue weighted by molar-refractivity contribution is 6.46. The zero-order valence-electron chi connectivity index (χ0n) is 18.5. The molecule has 1 aliphatic heterocycles. The molecule has 2 heterocycles. The summed E-state index contributed by atoms with van der Waals surface area (Å²) in [5.41, 5.74) is 2.07. The first kappa shape index (κ1) is 21.4. The second-order valence-electron chi connectivity index (χ2n) is 8.09. The van der Waals surface area contributed by atoms with Crippen LogP contribution in [0.5, 0.6) is 5.75 Å². The van der Waals surface area contributed by atoms with E-state index >= 15 is 0 Å². The monoisotopic (exact) mass is 450 g/mol. The van der Waals surface area contributed by atoms with Gasteiger partial charge in [0.2, 0.25) is 0 Å². The third-order valence-electron chi connectivity index (χ3n) is 6.10. The molecule has 5 rings (SSSR count). The highest BCUT2D eigenvalue weighted by Gasteiger charge is 2.46. The number of hydrogen-bond acceptors (Lipinski definition) is 5. The Kier molecular flexibility index (Phi) is 5.55. The Morgan fingerprint density at radius 1 is 0.971 bits per heavy atom. The van der Waals surface area contributed by atoms with Crippen LogP contribution in [-0.2, 0) is 16.1 Å². The van der Waals surface area contributed by atoms with Crippen molar-refractivity contribution >= 4 is 28.2 Å². The lowest BCUT2D eigenvalue weighted by Crippen LogP contribution is -2.29. The van der Waals surface area contributed by atoms with Crippen LogP contribution in [0.25, 0.3) is 16.5 Å².